The van der Waals surface area contributed by atoms with Crippen LogP contribution in [0.15, 0.2) is 29.9 Å². The number of hydrogen-bond acceptors (Lipinski definition) is 5. The van der Waals surface area contributed by atoms with E-state index >= 15 is 0 Å². The van der Waals surface area contributed by atoms with Crippen LogP contribution in [0.3, 0.4) is 0 Å². The maximum Gasteiger partial charge on any atom is 0.228 e. The zero-order valence-electron chi connectivity index (χ0n) is 12.7. The van der Waals surface area contributed by atoms with E-state index < -0.39 is 0 Å². The van der Waals surface area contributed by atoms with E-state index in [9.17, 15) is 4.79 Å². The van der Waals surface area contributed by atoms with E-state index in [1.165, 1.54) is 0 Å². The highest BCUT2D eigenvalue weighted by Crippen LogP contribution is 2.23. The number of pyridine rings is 1. The van der Waals surface area contributed by atoms with Crippen LogP contribution in [0.25, 0.3) is 10.6 Å². The first-order chi connectivity index (χ1) is 10.8. The molecule has 0 saturated carbocycles. The third kappa shape index (κ3) is 3.51. The minimum Gasteiger partial charge on any atom is -0.340 e. The lowest BCUT2D eigenvalue weighted by Crippen LogP contribution is -2.48. The van der Waals surface area contributed by atoms with Gasteiger partial charge in [-0.15, -0.1) is 11.3 Å². The minimum atomic E-state index is 0.183. The van der Waals surface area contributed by atoms with Gasteiger partial charge in [-0.25, -0.2) is 4.98 Å². The molecule has 5 nitrogen and oxygen atoms in total. The third-order valence-corrected chi connectivity index (χ3v) is 4.92. The number of carbonyl (C=O) groups is 1. The summed E-state index contributed by atoms with van der Waals surface area (Å²) in [6, 6.07) is 3.88. The summed E-state index contributed by atoms with van der Waals surface area (Å²) in [5.74, 6) is 0.183. The van der Waals surface area contributed by atoms with Crippen molar-refractivity contribution in [3.8, 4) is 10.6 Å². The molecule has 0 bridgehead atoms. The van der Waals surface area contributed by atoms with Gasteiger partial charge in [0.15, 0.2) is 0 Å². The summed E-state index contributed by atoms with van der Waals surface area (Å²) in [6.45, 7) is 6.82. The number of carbonyl (C=O) groups excluding carboxylic acids is 1. The highest BCUT2D eigenvalue weighted by Gasteiger charge is 2.21. The zero-order chi connectivity index (χ0) is 15.4. The number of aromatic nitrogens is 2. The summed E-state index contributed by atoms with van der Waals surface area (Å²) in [5, 5.41) is 2.93. The minimum absolute atomic E-state index is 0.183. The van der Waals surface area contributed by atoms with E-state index in [1.807, 2.05) is 22.4 Å². The molecule has 1 saturated heterocycles. The highest BCUT2D eigenvalue weighted by atomic mass is 32.1. The molecule has 0 atom stereocenters. The molecule has 1 aliphatic heterocycles. The van der Waals surface area contributed by atoms with Gasteiger partial charge in [-0.05, 0) is 18.7 Å². The summed E-state index contributed by atoms with van der Waals surface area (Å²) in [6.07, 6.45) is 3.91. The summed E-state index contributed by atoms with van der Waals surface area (Å²) in [7, 11) is 0. The molecule has 3 heterocycles. The maximum absolute atomic E-state index is 12.4. The Balaban J connectivity index is 1.60. The smallest absolute Gasteiger partial charge is 0.228 e. The number of thiazole rings is 1. The van der Waals surface area contributed by atoms with Crippen molar-refractivity contribution in [1.29, 1.82) is 0 Å². The van der Waals surface area contributed by atoms with Gasteiger partial charge < -0.3 is 9.80 Å². The summed E-state index contributed by atoms with van der Waals surface area (Å²) in [4.78, 5) is 25.3. The molecular weight excluding hydrogens is 296 g/mol. The van der Waals surface area contributed by atoms with Crippen LogP contribution < -0.4 is 0 Å². The van der Waals surface area contributed by atoms with Crippen molar-refractivity contribution >= 4 is 17.2 Å². The molecule has 0 aliphatic carbocycles. The topological polar surface area (TPSA) is 49.3 Å². The second-order valence-corrected chi connectivity index (χ2v) is 6.23. The van der Waals surface area contributed by atoms with E-state index in [0.29, 0.717) is 6.42 Å². The van der Waals surface area contributed by atoms with Crippen molar-refractivity contribution < 1.29 is 4.79 Å². The van der Waals surface area contributed by atoms with Crippen LogP contribution in [0.1, 0.15) is 12.6 Å². The molecule has 2 aromatic rings. The predicted molar refractivity (Wildman–Crippen MR) is 87.7 cm³/mol. The molecule has 0 spiro atoms. The van der Waals surface area contributed by atoms with Crippen molar-refractivity contribution in [3.63, 3.8) is 0 Å². The van der Waals surface area contributed by atoms with Gasteiger partial charge in [0.1, 0.15) is 5.01 Å². The number of piperazine rings is 1. The van der Waals surface area contributed by atoms with Gasteiger partial charge in [-0.2, -0.15) is 0 Å². The van der Waals surface area contributed by atoms with Crippen LogP contribution in [0.5, 0.6) is 0 Å². The van der Waals surface area contributed by atoms with Crippen LogP contribution in [0.4, 0.5) is 0 Å². The molecule has 116 valence electrons. The van der Waals surface area contributed by atoms with Gasteiger partial charge in [-0.1, -0.05) is 6.92 Å². The average Bonchev–Trinajstić information content (AvgIpc) is 3.04. The Kier molecular flexibility index (Phi) is 4.80. The number of rotatable bonds is 4. The number of amides is 1. The molecule has 0 aromatic carbocycles. The van der Waals surface area contributed by atoms with Crippen molar-refractivity contribution in [2.45, 2.75) is 13.3 Å². The fourth-order valence-corrected chi connectivity index (χ4v) is 3.42. The Bertz CT molecular complexity index is 620. The van der Waals surface area contributed by atoms with Crippen molar-refractivity contribution in [3.05, 3.63) is 35.6 Å². The Morgan fingerprint density at radius 2 is 1.95 bits per heavy atom. The number of hydrogen-bond donors (Lipinski definition) is 0. The lowest BCUT2D eigenvalue weighted by molar-refractivity contribution is -0.132. The van der Waals surface area contributed by atoms with Crippen LogP contribution in [0, 0.1) is 0 Å². The third-order valence-electron chi connectivity index (χ3n) is 3.98. The molecule has 0 N–H and O–H groups in total. The van der Waals surface area contributed by atoms with Crippen LogP contribution in [-0.2, 0) is 11.2 Å². The molecule has 0 unspecified atom stereocenters. The molecular formula is C16H20N4OS. The molecule has 3 rings (SSSR count). The van der Waals surface area contributed by atoms with E-state index in [-0.39, 0.29) is 5.91 Å². The standard InChI is InChI=1S/C16H20N4OS/c1-2-19-7-9-20(10-8-19)15(21)11-14-12-22-16(18-14)13-3-5-17-6-4-13/h3-6,12H,2,7-11H2,1H3. The van der Waals surface area contributed by atoms with Crippen molar-refractivity contribution in [2.75, 3.05) is 32.7 Å². The van der Waals surface area contributed by atoms with Gasteiger partial charge in [0.05, 0.1) is 12.1 Å². The van der Waals surface area contributed by atoms with E-state index in [4.69, 9.17) is 0 Å². The van der Waals surface area contributed by atoms with Crippen LogP contribution in [-0.4, -0.2) is 58.4 Å². The van der Waals surface area contributed by atoms with Gasteiger partial charge in [0, 0.05) is 49.5 Å². The molecule has 1 amide bonds. The zero-order valence-corrected chi connectivity index (χ0v) is 13.6. The Labute approximate surface area is 134 Å². The average molecular weight is 316 g/mol. The largest absolute Gasteiger partial charge is 0.340 e. The molecule has 0 radical (unpaired) electrons. The number of likely N-dealkylation sites (N-methyl/N-ethyl adjacent to an activating group) is 1. The Morgan fingerprint density at radius 3 is 2.64 bits per heavy atom. The molecule has 22 heavy (non-hydrogen) atoms. The first-order valence-corrected chi connectivity index (χ1v) is 8.49. The van der Waals surface area contributed by atoms with E-state index in [2.05, 4.69) is 21.8 Å². The van der Waals surface area contributed by atoms with E-state index in [1.54, 1.807) is 23.7 Å². The van der Waals surface area contributed by atoms with E-state index in [0.717, 1.165) is 49.0 Å². The summed E-state index contributed by atoms with van der Waals surface area (Å²) < 4.78 is 0. The first-order valence-electron chi connectivity index (χ1n) is 7.61. The predicted octanol–water partition coefficient (Wildman–Crippen LogP) is 1.91. The summed E-state index contributed by atoms with van der Waals surface area (Å²) >= 11 is 1.58. The maximum atomic E-state index is 12.4. The van der Waals surface area contributed by atoms with Crippen LogP contribution >= 0.6 is 11.3 Å². The number of nitrogens with zero attached hydrogens (tertiary/aromatic N) is 4. The monoisotopic (exact) mass is 316 g/mol. The molecule has 1 aliphatic rings. The van der Waals surface area contributed by atoms with Gasteiger partial charge in [0.25, 0.3) is 0 Å². The first kappa shape index (κ1) is 15.1. The van der Waals surface area contributed by atoms with Gasteiger partial charge in [0.2, 0.25) is 5.91 Å². The van der Waals surface area contributed by atoms with Gasteiger partial charge >= 0.3 is 0 Å². The Morgan fingerprint density at radius 1 is 1.23 bits per heavy atom. The highest BCUT2D eigenvalue weighted by molar-refractivity contribution is 7.13. The molecule has 2 aromatic heterocycles. The fraction of sp³-hybridized carbons (Fsp3) is 0.438. The normalized spacial score (nSPS) is 16.0. The van der Waals surface area contributed by atoms with Gasteiger partial charge in [-0.3, -0.25) is 9.78 Å². The quantitative estimate of drug-likeness (QED) is 0.864. The SMILES string of the molecule is CCN1CCN(C(=O)Cc2csc(-c3ccncc3)n2)CC1. The lowest BCUT2D eigenvalue weighted by Gasteiger charge is -2.34. The fourth-order valence-electron chi connectivity index (χ4n) is 2.60. The molecule has 1 fully saturated rings. The second-order valence-electron chi connectivity index (χ2n) is 5.37. The second kappa shape index (κ2) is 6.98. The summed E-state index contributed by atoms with van der Waals surface area (Å²) in [5.41, 5.74) is 1.91. The van der Waals surface area contributed by atoms with Crippen molar-refractivity contribution in [1.82, 2.24) is 19.8 Å². The molecule has 6 heteroatoms. The lowest BCUT2D eigenvalue weighted by atomic mass is 10.2. The van der Waals surface area contributed by atoms with Crippen molar-refractivity contribution in [2.24, 2.45) is 0 Å². The Hall–Kier alpha value is -1.79. The van der Waals surface area contributed by atoms with Crippen LogP contribution in [0.2, 0.25) is 0 Å².